The fourth-order valence-electron chi connectivity index (χ4n) is 2.75. The van der Waals surface area contributed by atoms with Gasteiger partial charge in [0.15, 0.2) is 5.82 Å². The van der Waals surface area contributed by atoms with Crippen LogP contribution in [0.1, 0.15) is 37.9 Å². The van der Waals surface area contributed by atoms with Gasteiger partial charge in [0.1, 0.15) is 0 Å². The molecule has 20 heavy (non-hydrogen) atoms. The molecule has 1 fully saturated rings. The molecule has 1 aromatic heterocycles. The topological polar surface area (TPSA) is 69.2 Å². The molecule has 0 aliphatic carbocycles. The molecule has 0 aromatic carbocycles. The fourth-order valence-corrected chi connectivity index (χ4v) is 2.75. The van der Waals surface area contributed by atoms with Crippen LogP contribution < -0.4 is 0 Å². The highest BCUT2D eigenvalue weighted by Gasteiger charge is 2.26. The third-order valence-electron chi connectivity index (χ3n) is 4.07. The molecule has 6 heteroatoms. The molecular weight excluding hydrogens is 254 g/mol. The van der Waals surface area contributed by atoms with Crippen LogP contribution in [0.3, 0.4) is 0 Å². The number of likely N-dealkylation sites (tertiary alicyclic amines) is 1. The minimum Gasteiger partial charge on any atom is -0.340 e. The fraction of sp³-hybridized carbons (Fsp3) is 0.786. The van der Waals surface area contributed by atoms with Gasteiger partial charge >= 0.3 is 0 Å². The van der Waals surface area contributed by atoms with E-state index in [0.717, 1.165) is 25.5 Å². The molecule has 1 aromatic rings. The number of likely N-dealkylation sites (N-methyl/N-ethyl adjacent to an activating group) is 1. The smallest absolute Gasteiger partial charge is 0.223 e. The van der Waals surface area contributed by atoms with Crippen molar-refractivity contribution in [3.8, 4) is 6.07 Å². The first-order valence-electron chi connectivity index (χ1n) is 7.20. The summed E-state index contributed by atoms with van der Waals surface area (Å²) in [6.07, 6.45) is 2.94. The maximum Gasteiger partial charge on any atom is 0.223 e. The lowest BCUT2D eigenvalue weighted by Gasteiger charge is -2.39. The second kappa shape index (κ2) is 6.82. The van der Waals surface area contributed by atoms with E-state index in [4.69, 9.17) is 9.78 Å². The number of piperidine rings is 1. The summed E-state index contributed by atoms with van der Waals surface area (Å²) in [5, 5.41) is 12.8. The molecule has 0 saturated carbocycles. The standard InChI is InChI=1S/C14H23N5O/c1-11(6-7-15)18(3)13-5-4-8-19(9-13)10-14-16-12(2)20-17-14/h11,13H,4-6,8-10H2,1-3H3/t11-,13+/m0/s1. The molecule has 2 heterocycles. The average molecular weight is 277 g/mol. The highest BCUT2D eigenvalue weighted by Crippen LogP contribution is 2.19. The van der Waals surface area contributed by atoms with Gasteiger partial charge in [0.05, 0.1) is 19.0 Å². The van der Waals surface area contributed by atoms with Crippen molar-refractivity contribution < 1.29 is 4.52 Å². The Morgan fingerprint density at radius 3 is 3.05 bits per heavy atom. The molecule has 1 saturated heterocycles. The van der Waals surface area contributed by atoms with E-state index in [9.17, 15) is 0 Å². The number of hydrogen-bond acceptors (Lipinski definition) is 6. The van der Waals surface area contributed by atoms with Crippen LogP contribution in [0.25, 0.3) is 0 Å². The second-order valence-corrected chi connectivity index (χ2v) is 5.64. The number of rotatable bonds is 5. The van der Waals surface area contributed by atoms with Crippen molar-refractivity contribution in [3.63, 3.8) is 0 Å². The van der Waals surface area contributed by atoms with Crippen LogP contribution in [0.2, 0.25) is 0 Å². The van der Waals surface area contributed by atoms with Gasteiger partial charge < -0.3 is 4.52 Å². The highest BCUT2D eigenvalue weighted by molar-refractivity contribution is 4.89. The number of nitriles is 1. The average Bonchev–Trinajstić information content (AvgIpc) is 2.84. The predicted octanol–water partition coefficient (Wildman–Crippen LogP) is 1.58. The summed E-state index contributed by atoms with van der Waals surface area (Å²) >= 11 is 0. The quantitative estimate of drug-likeness (QED) is 0.814. The van der Waals surface area contributed by atoms with Crippen LogP contribution in [0.5, 0.6) is 0 Å². The lowest BCUT2D eigenvalue weighted by molar-refractivity contribution is 0.0865. The van der Waals surface area contributed by atoms with Crippen LogP contribution in [0, 0.1) is 18.3 Å². The number of nitrogens with zero attached hydrogens (tertiary/aromatic N) is 5. The predicted molar refractivity (Wildman–Crippen MR) is 74.8 cm³/mol. The van der Waals surface area contributed by atoms with E-state index >= 15 is 0 Å². The van der Waals surface area contributed by atoms with Gasteiger partial charge in [-0.15, -0.1) is 0 Å². The largest absolute Gasteiger partial charge is 0.340 e. The van der Waals surface area contributed by atoms with Crippen molar-refractivity contribution in [1.82, 2.24) is 19.9 Å². The molecule has 0 radical (unpaired) electrons. The van der Waals surface area contributed by atoms with Crippen molar-refractivity contribution in [2.24, 2.45) is 0 Å². The van der Waals surface area contributed by atoms with Gasteiger partial charge in [-0.25, -0.2) is 0 Å². The molecule has 0 unspecified atom stereocenters. The molecule has 0 bridgehead atoms. The molecule has 2 rings (SSSR count). The van der Waals surface area contributed by atoms with Gasteiger partial charge in [0.25, 0.3) is 0 Å². The summed E-state index contributed by atoms with van der Waals surface area (Å²) < 4.78 is 5.02. The first-order chi connectivity index (χ1) is 9.60. The maximum absolute atomic E-state index is 8.82. The third kappa shape index (κ3) is 3.78. The zero-order valence-corrected chi connectivity index (χ0v) is 12.5. The molecule has 110 valence electrons. The van der Waals surface area contributed by atoms with Crippen molar-refractivity contribution in [3.05, 3.63) is 11.7 Å². The Morgan fingerprint density at radius 2 is 2.40 bits per heavy atom. The van der Waals surface area contributed by atoms with Crippen LogP contribution in [-0.4, -0.2) is 52.2 Å². The zero-order chi connectivity index (χ0) is 14.5. The summed E-state index contributed by atoms with van der Waals surface area (Å²) in [6, 6.07) is 3.06. The summed E-state index contributed by atoms with van der Waals surface area (Å²) in [7, 11) is 2.12. The van der Waals surface area contributed by atoms with Crippen molar-refractivity contribution in [2.75, 3.05) is 20.1 Å². The molecular formula is C14H23N5O. The Balaban J connectivity index is 1.89. The Bertz CT molecular complexity index is 466. The van der Waals surface area contributed by atoms with Gasteiger partial charge in [0, 0.05) is 25.6 Å². The van der Waals surface area contributed by atoms with Gasteiger partial charge in [-0.1, -0.05) is 5.16 Å². The third-order valence-corrected chi connectivity index (χ3v) is 4.07. The molecule has 1 aliphatic heterocycles. The van der Waals surface area contributed by atoms with Crippen LogP contribution in [0.4, 0.5) is 0 Å². The Labute approximate surface area is 120 Å². The number of aromatic nitrogens is 2. The minimum atomic E-state index is 0.303. The van der Waals surface area contributed by atoms with E-state index < -0.39 is 0 Å². The van der Waals surface area contributed by atoms with Crippen LogP contribution >= 0.6 is 0 Å². The lowest BCUT2D eigenvalue weighted by Crippen LogP contribution is -2.49. The summed E-state index contributed by atoms with van der Waals surface area (Å²) in [5.74, 6) is 1.38. The van der Waals surface area contributed by atoms with Crippen LogP contribution in [0.15, 0.2) is 4.52 Å². The van der Waals surface area contributed by atoms with Crippen LogP contribution in [-0.2, 0) is 6.54 Å². The lowest BCUT2D eigenvalue weighted by atomic mass is 10.0. The van der Waals surface area contributed by atoms with Gasteiger partial charge in [-0.3, -0.25) is 9.80 Å². The molecule has 0 N–H and O–H groups in total. The normalized spacial score (nSPS) is 21.9. The van der Waals surface area contributed by atoms with Gasteiger partial charge in [-0.05, 0) is 33.4 Å². The van der Waals surface area contributed by atoms with Crippen molar-refractivity contribution >= 4 is 0 Å². The summed E-state index contributed by atoms with van der Waals surface area (Å²) in [4.78, 5) is 8.96. The monoisotopic (exact) mass is 277 g/mol. The van der Waals surface area contributed by atoms with E-state index in [1.165, 1.54) is 12.8 Å². The number of aryl methyl sites for hydroxylation is 1. The summed E-state index contributed by atoms with van der Waals surface area (Å²) in [5.41, 5.74) is 0. The van der Waals surface area contributed by atoms with E-state index in [1.54, 1.807) is 0 Å². The Morgan fingerprint density at radius 1 is 1.60 bits per heavy atom. The number of hydrogen-bond donors (Lipinski definition) is 0. The maximum atomic E-state index is 8.82. The van der Waals surface area contributed by atoms with E-state index in [-0.39, 0.29) is 0 Å². The van der Waals surface area contributed by atoms with Gasteiger partial charge in [-0.2, -0.15) is 10.2 Å². The van der Waals surface area contributed by atoms with E-state index in [1.807, 2.05) is 6.92 Å². The molecule has 6 nitrogen and oxygen atoms in total. The molecule has 1 aliphatic rings. The molecule has 2 atom stereocenters. The van der Waals surface area contributed by atoms with E-state index in [2.05, 4.69) is 40.0 Å². The SMILES string of the molecule is Cc1nc(CN2CCC[C@@H](N(C)[C@@H](C)CC#N)C2)no1. The molecule has 0 spiro atoms. The Kier molecular flexibility index (Phi) is 5.10. The molecule has 0 amide bonds. The second-order valence-electron chi connectivity index (χ2n) is 5.64. The van der Waals surface area contributed by atoms with Crippen molar-refractivity contribution in [2.45, 2.75) is 51.7 Å². The van der Waals surface area contributed by atoms with E-state index in [0.29, 0.717) is 24.4 Å². The minimum absolute atomic E-state index is 0.303. The first-order valence-corrected chi connectivity index (χ1v) is 7.20. The first kappa shape index (κ1) is 14.9. The highest BCUT2D eigenvalue weighted by atomic mass is 16.5. The Hall–Kier alpha value is -1.45. The zero-order valence-electron chi connectivity index (χ0n) is 12.5. The van der Waals surface area contributed by atoms with Crippen molar-refractivity contribution in [1.29, 1.82) is 5.26 Å². The van der Waals surface area contributed by atoms with Gasteiger partial charge in [0.2, 0.25) is 5.89 Å². The summed E-state index contributed by atoms with van der Waals surface area (Å²) in [6.45, 7) is 6.75.